The van der Waals surface area contributed by atoms with Gasteiger partial charge in [0.1, 0.15) is 16.9 Å². The Hall–Kier alpha value is -3.15. The third-order valence-electron chi connectivity index (χ3n) is 5.48. The first-order valence-corrected chi connectivity index (χ1v) is 10.3. The number of imidazole rings is 1. The maximum Gasteiger partial charge on any atom is 0.152 e. The molecule has 0 fully saturated rings. The summed E-state index contributed by atoms with van der Waals surface area (Å²) in [4.78, 5) is 13.7. The van der Waals surface area contributed by atoms with Gasteiger partial charge in [0.05, 0.1) is 5.52 Å². The second-order valence-corrected chi connectivity index (χ2v) is 7.89. The van der Waals surface area contributed by atoms with Gasteiger partial charge in [-0.1, -0.05) is 39.0 Å². The van der Waals surface area contributed by atoms with Crippen LogP contribution >= 0.6 is 0 Å². The van der Waals surface area contributed by atoms with Crippen molar-refractivity contribution in [1.29, 1.82) is 0 Å². The molecule has 6 heteroatoms. The molecule has 0 bridgehead atoms. The minimum absolute atomic E-state index is 0.316. The molecule has 0 aliphatic rings. The molecule has 3 aromatic heterocycles. The molecular weight excluding hydrogens is 360 g/mol. The molecule has 150 valence electrons. The molecule has 3 heterocycles. The molecule has 0 aliphatic carbocycles. The van der Waals surface area contributed by atoms with Gasteiger partial charge in [-0.2, -0.15) is 0 Å². The summed E-state index contributed by atoms with van der Waals surface area (Å²) in [6.07, 6.45) is 7.38. The predicted octanol–water partition coefficient (Wildman–Crippen LogP) is 4.14. The normalized spacial score (nSPS) is 11.7. The Bertz CT molecular complexity index is 1160. The summed E-state index contributed by atoms with van der Waals surface area (Å²) < 4.78 is 1.69. The Morgan fingerprint density at radius 3 is 2.55 bits per heavy atom. The first kappa shape index (κ1) is 19.2. The fourth-order valence-corrected chi connectivity index (χ4v) is 4.14. The first-order valence-electron chi connectivity index (χ1n) is 10.3. The van der Waals surface area contributed by atoms with E-state index in [0.29, 0.717) is 17.3 Å². The van der Waals surface area contributed by atoms with Crippen molar-refractivity contribution in [3.05, 3.63) is 59.2 Å². The number of nitrogens with two attached hydrogens (primary N) is 2. The van der Waals surface area contributed by atoms with Crippen molar-refractivity contribution in [1.82, 2.24) is 19.6 Å². The first-order chi connectivity index (χ1) is 14.0. The van der Waals surface area contributed by atoms with E-state index in [2.05, 4.69) is 48.9 Å². The maximum atomic E-state index is 6.42. The van der Waals surface area contributed by atoms with Gasteiger partial charge in [0.2, 0.25) is 0 Å². The van der Waals surface area contributed by atoms with E-state index in [0.717, 1.165) is 47.9 Å². The quantitative estimate of drug-likeness (QED) is 0.484. The van der Waals surface area contributed by atoms with E-state index in [1.54, 1.807) is 10.9 Å². The number of fused-ring (bicyclic) bond motifs is 3. The number of hydrogen-bond acceptors (Lipinski definition) is 5. The van der Waals surface area contributed by atoms with Crippen LogP contribution in [0.3, 0.4) is 0 Å². The van der Waals surface area contributed by atoms with Crippen molar-refractivity contribution in [3.63, 3.8) is 0 Å². The molecule has 0 radical (unpaired) electrons. The van der Waals surface area contributed by atoms with Crippen LogP contribution in [0.2, 0.25) is 0 Å². The summed E-state index contributed by atoms with van der Waals surface area (Å²) in [6.45, 7) is 6.52. The minimum Gasteiger partial charge on any atom is -0.382 e. The Kier molecular flexibility index (Phi) is 5.09. The molecule has 0 saturated heterocycles. The number of nitrogen functional groups attached to an aromatic ring is 2. The van der Waals surface area contributed by atoms with Crippen LogP contribution in [0.1, 0.15) is 55.6 Å². The Balaban J connectivity index is 1.88. The van der Waals surface area contributed by atoms with Crippen molar-refractivity contribution in [2.75, 3.05) is 11.6 Å². The predicted molar refractivity (Wildman–Crippen MR) is 119 cm³/mol. The molecule has 0 unspecified atom stereocenters. The van der Waals surface area contributed by atoms with Crippen LogP contribution in [0.15, 0.2) is 36.7 Å². The molecule has 6 nitrogen and oxygen atoms in total. The van der Waals surface area contributed by atoms with Gasteiger partial charge in [-0.05, 0) is 47.9 Å². The summed E-state index contributed by atoms with van der Waals surface area (Å²) in [7, 11) is 0. The average molecular weight is 389 g/mol. The number of benzene rings is 1. The SMILES string of the molecule is CCCc1nc2c(N)nc3c(C(C)C)c(CCc4cccnc4)ccc3c2n1N. The van der Waals surface area contributed by atoms with Crippen LogP contribution in [0.25, 0.3) is 21.9 Å². The lowest BCUT2D eigenvalue weighted by Gasteiger charge is -2.17. The van der Waals surface area contributed by atoms with E-state index < -0.39 is 0 Å². The standard InChI is InChI=1S/C23H28N6/c1-4-6-18-27-21-22(29(18)25)17-11-10-16(9-8-15-7-5-12-26-13-15)19(14(2)3)20(17)28-23(21)24/h5,7,10-14H,4,6,8-9,25H2,1-3H3,(H2,24,28). The Morgan fingerprint density at radius 2 is 1.86 bits per heavy atom. The van der Waals surface area contributed by atoms with Gasteiger partial charge in [-0.25, -0.2) is 14.6 Å². The second kappa shape index (κ2) is 7.70. The largest absolute Gasteiger partial charge is 0.382 e. The van der Waals surface area contributed by atoms with Gasteiger partial charge in [0.25, 0.3) is 0 Å². The summed E-state index contributed by atoms with van der Waals surface area (Å²) in [5.41, 5.74) is 12.6. The van der Waals surface area contributed by atoms with Crippen molar-refractivity contribution < 1.29 is 0 Å². The van der Waals surface area contributed by atoms with Crippen LogP contribution in [0.4, 0.5) is 5.82 Å². The average Bonchev–Trinajstić information content (AvgIpc) is 3.04. The van der Waals surface area contributed by atoms with Crippen molar-refractivity contribution in [2.24, 2.45) is 0 Å². The van der Waals surface area contributed by atoms with Crippen LogP contribution in [0.5, 0.6) is 0 Å². The third-order valence-corrected chi connectivity index (χ3v) is 5.48. The van der Waals surface area contributed by atoms with E-state index in [1.165, 1.54) is 16.7 Å². The van der Waals surface area contributed by atoms with E-state index in [1.807, 2.05) is 12.3 Å². The molecule has 4 aromatic rings. The zero-order valence-electron chi connectivity index (χ0n) is 17.3. The highest BCUT2D eigenvalue weighted by atomic mass is 15.3. The number of pyridine rings is 2. The van der Waals surface area contributed by atoms with Crippen LogP contribution in [-0.4, -0.2) is 19.6 Å². The number of anilines is 1. The van der Waals surface area contributed by atoms with Gasteiger partial charge < -0.3 is 11.6 Å². The van der Waals surface area contributed by atoms with Gasteiger partial charge >= 0.3 is 0 Å². The lowest BCUT2D eigenvalue weighted by atomic mass is 9.90. The summed E-state index contributed by atoms with van der Waals surface area (Å²) in [5, 5.41) is 1.01. The highest BCUT2D eigenvalue weighted by Gasteiger charge is 2.20. The Morgan fingerprint density at radius 1 is 1.03 bits per heavy atom. The molecule has 0 amide bonds. The van der Waals surface area contributed by atoms with Crippen molar-refractivity contribution >= 4 is 27.8 Å². The fraction of sp³-hybridized carbons (Fsp3) is 0.348. The summed E-state index contributed by atoms with van der Waals surface area (Å²) in [6, 6.07) is 8.42. The van der Waals surface area contributed by atoms with E-state index in [9.17, 15) is 0 Å². The van der Waals surface area contributed by atoms with E-state index in [-0.39, 0.29) is 0 Å². The van der Waals surface area contributed by atoms with Gasteiger partial charge in [-0.15, -0.1) is 0 Å². The van der Waals surface area contributed by atoms with Crippen LogP contribution < -0.4 is 11.6 Å². The lowest BCUT2D eigenvalue weighted by Crippen LogP contribution is -2.13. The minimum atomic E-state index is 0.316. The second-order valence-electron chi connectivity index (χ2n) is 7.89. The van der Waals surface area contributed by atoms with Gasteiger partial charge in [-0.3, -0.25) is 4.98 Å². The van der Waals surface area contributed by atoms with Crippen molar-refractivity contribution in [2.45, 2.75) is 52.4 Å². The van der Waals surface area contributed by atoms with Crippen LogP contribution in [0, 0.1) is 0 Å². The molecular formula is C23H28N6. The smallest absolute Gasteiger partial charge is 0.152 e. The zero-order chi connectivity index (χ0) is 20.5. The highest BCUT2D eigenvalue weighted by Crippen LogP contribution is 2.34. The highest BCUT2D eigenvalue weighted by molar-refractivity contribution is 6.08. The monoisotopic (exact) mass is 388 g/mol. The maximum absolute atomic E-state index is 6.42. The fourth-order valence-electron chi connectivity index (χ4n) is 4.14. The number of rotatable bonds is 6. The molecule has 1 aromatic carbocycles. The third kappa shape index (κ3) is 3.39. The molecule has 4 N–H and O–H groups in total. The molecule has 0 atom stereocenters. The molecule has 4 rings (SSSR count). The molecule has 29 heavy (non-hydrogen) atoms. The van der Waals surface area contributed by atoms with Gasteiger partial charge in [0, 0.05) is 24.2 Å². The molecule has 0 aliphatic heterocycles. The van der Waals surface area contributed by atoms with E-state index >= 15 is 0 Å². The number of hydrogen-bond donors (Lipinski definition) is 2. The summed E-state index contributed by atoms with van der Waals surface area (Å²) >= 11 is 0. The number of aromatic nitrogens is 4. The lowest BCUT2D eigenvalue weighted by molar-refractivity contribution is 0.802. The topological polar surface area (TPSA) is 95.6 Å². The van der Waals surface area contributed by atoms with Gasteiger partial charge in [0.15, 0.2) is 5.82 Å². The number of nitrogens with zero attached hydrogens (tertiary/aromatic N) is 4. The van der Waals surface area contributed by atoms with Crippen molar-refractivity contribution in [3.8, 4) is 0 Å². The zero-order valence-corrected chi connectivity index (χ0v) is 17.3. The molecule has 0 spiro atoms. The Labute approximate surface area is 170 Å². The molecule has 0 saturated carbocycles. The van der Waals surface area contributed by atoms with Crippen LogP contribution in [-0.2, 0) is 19.3 Å². The number of aryl methyl sites for hydroxylation is 3. The summed E-state index contributed by atoms with van der Waals surface area (Å²) in [5.74, 6) is 8.03. The van der Waals surface area contributed by atoms with E-state index in [4.69, 9.17) is 16.6 Å².